The molecule has 2 rings (SSSR count). The molecule has 3 amide bonds. The molecule has 0 spiro atoms. The van der Waals surface area contributed by atoms with E-state index in [1.165, 1.54) is 11.0 Å². The first-order valence-corrected chi connectivity index (χ1v) is 11.7. The fourth-order valence-electron chi connectivity index (χ4n) is 3.46. The predicted octanol–water partition coefficient (Wildman–Crippen LogP) is -0.0602. The van der Waals surface area contributed by atoms with Crippen LogP contribution in [0.15, 0.2) is 42.5 Å². The van der Waals surface area contributed by atoms with Crippen LogP contribution in [0.25, 0.3) is 0 Å². The van der Waals surface area contributed by atoms with Crippen molar-refractivity contribution in [2.24, 2.45) is 5.41 Å². The van der Waals surface area contributed by atoms with Crippen molar-refractivity contribution in [1.82, 2.24) is 15.5 Å². The number of amides is 3. The summed E-state index contributed by atoms with van der Waals surface area (Å²) in [5.41, 5.74) is 0.528. The second kappa shape index (κ2) is 13.4. The van der Waals surface area contributed by atoms with E-state index in [0.717, 1.165) is 12.7 Å². The van der Waals surface area contributed by atoms with E-state index in [9.17, 15) is 29.7 Å². The highest BCUT2D eigenvalue weighted by molar-refractivity contribution is 5.90. The fourth-order valence-corrected chi connectivity index (χ4v) is 3.46. The lowest BCUT2D eigenvalue weighted by atomic mass is 9.94. The van der Waals surface area contributed by atoms with Crippen LogP contribution in [0.2, 0.25) is 0 Å². The first kappa shape index (κ1) is 29.2. The van der Waals surface area contributed by atoms with Crippen molar-refractivity contribution in [3.63, 3.8) is 0 Å². The number of ether oxygens (including phenoxy) is 2. The van der Waals surface area contributed by atoms with Crippen LogP contribution < -0.4 is 10.6 Å². The molecule has 0 saturated carbocycles. The van der Waals surface area contributed by atoms with E-state index < -0.39 is 48.4 Å². The summed E-state index contributed by atoms with van der Waals surface area (Å²) in [4.78, 5) is 39.2. The topological polar surface area (TPSA) is 158 Å². The Hall–Kier alpha value is -2.99. The van der Waals surface area contributed by atoms with Gasteiger partial charge in [-0.1, -0.05) is 63.3 Å². The summed E-state index contributed by atoms with van der Waals surface area (Å²) in [5, 5.41) is 36.1. The van der Waals surface area contributed by atoms with Gasteiger partial charge in [0.25, 0.3) is 5.91 Å². The van der Waals surface area contributed by atoms with Gasteiger partial charge in [0.2, 0.25) is 5.91 Å². The number of allylic oxidation sites excluding steroid dienone is 1. The monoisotopic (exact) mass is 507 g/mol. The minimum atomic E-state index is -1.80. The summed E-state index contributed by atoms with van der Waals surface area (Å²) in [6, 6.07) is 7.95. The maximum Gasteiger partial charge on any atom is 0.410 e. The molecule has 0 aromatic heterocycles. The van der Waals surface area contributed by atoms with Gasteiger partial charge in [0.1, 0.15) is 31.0 Å². The molecule has 5 N–H and O–H groups in total. The highest BCUT2D eigenvalue weighted by atomic mass is 16.6. The van der Waals surface area contributed by atoms with Gasteiger partial charge < -0.3 is 40.3 Å². The average Bonchev–Trinajstić information content (AvgIpc) is 3.02. The second-order valence-corrected chi connectivity index (χ2v) is 9.69. The van der Waals surface area contributed by atoms with Gasteiger partial charge in [0.05, 0.1) is 6.54 Å². The zero-order chi connectivity index (χ0) is 26.9. The Labute approximate surface area is 211 Å². The number of carbonyl (C=O) groups excluding carboxylic acids is 3. The Kier molecular flexibility index (Phi) is 10.8. The summed E-state index contributed by atoms with van der Waals surface area (Å²) >= 11 is 0. The minimum Gasteiger partial charge on any atom is -0.445 e. The first-order valence-electron chi connectivity index (χ1n) is 11.7. The van der Waals surface area contributed by atoms with Crippen molar-refractivity contribution >= 4 is 17.9 Å². The van der Waals surface area contributed by atoms with Crippen LogP contribution in [-0.4, -0.2) is 95.3 Å². The Morgan fingerprint density at radius 1 is 1.19 bits per heavy atom. The molecule has 1 heterocycles. The van der Waals surface area contributed by atoms with Crippen molar-refractivity contribution in [3.05, 3.63) is 48.0 Å². The lowest BCUT2D eigenvalue weighted by Gasteiger charge is -2.29. The normalized spacial score (nSPS) is 20.1. The van der Waals surface area contributed by atoms with Crippen LogP contribution in [0.1, 0.15) is 26.3 Å². The van der Waals surface area contributed by atoms with Crippen molar-refractivity contribution in [3.8, 4) is 0 Å². The molecule has 11 heteroatoms. The molecular weight excluding hydrogens is 470 g/mol. The number of hydrogen-bond acceptors (Lipinski definition) is 8. The summed E-state index contributed by atoms with van der Waals surface area (Å²) < 4.78 is 10.4. The molecule has 0 bridgehead atoms. The van der Waals surface area contributed by atoms with Gasteiger partial charge in [-0.3, -0.25) is 9.59 Å². The Morgan fingerprint density at radius 3 is 2.47 bits per heavy atom. The first-order chi connectivity index (χ1) is 16.9. The molecule has 1 aliphatic rings. The van der Waals surface area contributed by atoms with Gasteiger partial charge in [-0.15, -0.1) is 0 Å². The van der Waals surface area contributed by atoms with Gasteiger partial charge in [0, 0.05) is 20.2 Å². The van der Waals surface area contributed by atoms with E-state index in [4.69, 9.17) is 9.47 Å². The number of aliphatic hydroxyl groups is 3. The lowest BCUT2D eigenvalue weighted by molar-refractivity contribution is -0.150. The van der Waals surface area contributed by atoms with Gasteiger partial charge in [-0.25, -0.2) is 4.79 Å². The largest absolute Gasteiger partial charge is 0.445 e. The van der Waals surface area contributed by atoms with Crippen LogP contribution in [0, 0.1) is 5.41 Å². The van der Waals surface area contributed by atoms with Crippen LogP contribution in [0.3, 0.4) is 0 Å². The molecule has 1 saturated heterocycles. The number of hydrogen-bond donors (Lipinski definition) is 5. The number of aliphatic hydroxyl groups excluding tert-OH is 3. The van der Waals surface area contributed by atoms with E-state index >= 15 is 0 Å². The molecule has 11 nitrogen and oxygen atoms in total. The maximum absolute atomic E-state index is 12.9. The number of benzene rings is 1. The molecule has 200 valence electrons. The summed E-state index contributed by atoms with van der Waals surface area (Å²) in [6.07, 6.45) is -4.23. The molecular formula is C25H37N3O8. The quantitative estimate of drug-likeness (QED) is 0.291. The second-order valence-electron chi connectivity index (χ2n) is 9.69. The predicted molar refractivity (Wildman–Crippen MR) is 131 cm³/mol. The number of carbonyl (C=O) groups is 3. The minimum absolute atomic E-state index is 0.0520. The van der Waals surface area contributed by atoms with Crippen molar-refractivity contribution in [2.75, 3.05) is 26.7 Å². The van der Waals surface area contributed by atoms with E-state index in [0.29, 0.717) is 0 Å². The highest BCUT2D eigenvalue weighted by Crippen LogP contribution is 2.17. The van der Waals surface area contributed by atoms with Gasteiger partial charge in [-0.2, -0.15) is 0 Å². The smallest absolute Gasteiger partial charge is 0.410 e. The summed E-state index contributed by atoms with van der Waals surface area (Å²) in [5.74, 6) is -1.42. The molecule has 5 atom stereocenters. The van der Waals surface area contributed by atoms with Gasteiger partial charge in [-0.05, 0) is 11.0 Å². The fraction of sp³-hybridized carbons (Fsp3) is 0.560. The third-order valence-electron chi connectivity index (χ3n) is 5.50. The SMILES string of the molecule is CO[C@@H](C(=O)NC1CN(C(=O)OCc2ccccc2)CCNC1=O)[C@H](O)[C@@H](O)[C@H](O)C=CC(C)(C)C. The molecule has 1 aliphatic heterocycles. The van der Waals surface area contributed by atoms with E-state index in [1.54, 1.807) is 6.08 Å². The number of rotatable bonds is 9. The highest BCUT2D eigenvalue weighted by Gasteiger charge is 2.38. The molecule has 1 aromatic carbocycles. The summed E-state index contributed by atoms with van der Waals surface area (Å²) in [7, 11) is 1.15. The third-order valence-corrected chi connectivity index (χ3v) is 5.50. The molecule has 1 unspecified atom stereocenters. The molecule has 1 fully saturated rings. The van der Waals surface area contributed by atoms with Gasteiger partial charge in [0.15, 0.2) is 6.10 Å². The zero-order valence-electron chi connectivity index (χ0n) is 21.1. The van der Waals surface area contributed by atoms with Crippen LogP contribution in [-0.2, 0) is 25.7 Å². The van der Waals surface area contributed by atoms with Crippen LogP contribution in [0.5, 0.6) is 0 Å². The third kappa shape index (κ3) is 8.90. The standard InChI is InChI=1S/C25H37N3O8/c1-25(2,3)11-10-18(29)19(30)20(31)21(35-4)23(33)27-17-14-28(13-12-26-22(17)32)24(34)36-15-16-8-6-5-7-9-16/h5-11,17-21,29-31H,12-15H2,1-4H3,(H,26,32)(H,27,33)/t17?,18-,19+,20-,21-/m1/s1. The molecule has 0 aliphatic carbocycles. The van der Waals surface area contributed by atoms with Crippen molar-refractivity contribution in [2.45, 2.75) is 57.8 Å². The maximum atomic E-state index is 12.9. The Balaban J connectivity index is 2.02. The molecule has 36 heavy (non-hydrogen) atoms. The zero-order valence-corrected chi connectivity index (χ0v) is 21.1. The number of methoxy groups -OCH3 is 1. The van der Waals surface area contributed by atoms with E-state index in [-0.39, 0.29) is 31.7 Å². The Bertz CT molecular complexity index is 902. The summed E-state index contributed by atoms with van der Waals surface area (Å²) in [6.45, 7) is 5.89. The lowest BCUT2D eigenvalue weighted by Crippen LogP contribution is -2.57. The van der Waals surface area contributed by atoms with E-state index in [1.807, 2.05) is 51.1 Å². The van der Waals surface area contributed by atoms with Crippen LogP contribution >= 0.6 is 0 Å². The van der Waals surface area contributed by atoms with E-state index in [2.05, 4.69) is 10.6 Å². The van der Waals surface area contributed by atoms with Crippen LogP contribution in [0.4, 0.5) is 4.79 Å². The molecule has 1 aromatic rings. The Morgan fingerprint density at radius 2 is 1.86 bits per heavy atom. The number of nitrogens with zero attached hydrogens (tertiary/aromatic N) is 1. The number of nitrogens with one attached hydrogen (secondary N) is 2. The molecule has 0 radical (unpaired) electrons. The van der Waals surface area contributed by atoms with Gasteiger partial charge >= 0.3 is 6.09 Å². The van der Waals surface area contributed by atoms with Crippen molar-refractivity contribution in [1.29, 1.82) is 0 Å². The van der Waals surface area contributed by atoms with Crippen molar-refractivity contribution < 1.29 is 39.2 Å². The average molecular weight is 508 g/mol.